The van der Waals surface area contributed by atoms with E-state index in [1.165, 1.54) is 0 Å². The molecule has 0 radical (unpaired) electrons. The molecule has 0 aliphatic rings. The van der Waals surface area contributed by atoms with Gasteiger partial charge < -0.3 is 20.0 Å². The molecular weight excluding hydrogens is 287 g/mol. The van der Waals surface area contributed by atoms with Crippen molar-refractivity contribution in [2.45, 2.75) is 0 Å². The number of nitrogens with two attached hydrogens (primary N) is 2. The van der Waals surface area contributed by atoms with Crippen molar-refractivity contribution in [1.29, 1.82) is 0 Å². The van der Waals surface area contributed by atoms with E-state index >= 15 is 0 Å². The summed E-state index contributed by atoms with van der Waals surface area (Å²) < 4.78 is 0. The quantitative estimate of drug-likeness (QED) is 0.473. The summed E-state index contributed by atoms with van der Waals surface area (Å²) in [5.41, 5.74) is 9.81. The molecule has 0 spiro atoms. The van der Waals surface area contributed by atoms with Crippen molar-refractivity contribution in [1.82, 2.24) is 0 Å². The van der Waals surface area contributed by atoms with E-state index in [1.807, 2.05) is 0 Å². The predicted molar refractivity (Wildman–Crippen MR) is 24.8 cm³/mol. The maximum Gasteiger partial charge on any atom is 1.00 e. The fourth-order valence-corrected chi connectivity index (χ4v) is 0. The van der Waals surface area contributed by atoms with E-state index in [1.54, 1.807) is 0 Å². The van der Waals surface area contributed by atoms with Crippen LogP contribution in [-0.4, -0.2) is 13.1 Å². The van der Waals surface area contributed by atoms with Gasteiger partial charge in [0.2, 0.25) is 0 Å². The molecule has 0 rings (SSSR count). The Hall–Kier alpha value is 9.74. The minimum Gasteiger partial charge on any atom is -1.00 e. The zero-order chi connectivity index (χ0) is 3.41. The van der Waals surface area contributed by atoms with Crippen LogP contribution >= 0.6 is 0 Å². The van der Waals surface area contributed by atoms with Crippen molar-refractivity contribution in [2.75, 3.05) is 13.1 Å². The molecule has 0 amide bonds. The fraction of sp³-hybridized carbons (Fsp3) is 1.00. The van der Waals surface area contributed by atoms with Crippen LogP contribution in [0.5, 0.6) is 0 Å². The first-order valence-corrected chi connectivity index (χ1v) is 1.32. The van der Waals surface area contributed by atoms with Crippen LogP contribution in [0.1, 0.15) is 8.56 Å². The van der Waals surface area contributed by atoms with Crippen LogP contribution in [-0.2, 0) is 0 Å². The first-order valence-electron chi connectivity index (χ1n) is 1.32. The zero-order valence-electron chi connectivity index (χ0n) is 14.6. The van der Waals surface area contributed by atoms with Crippen LogP contribution in [0.4, 0.5) is 0 Å². The molecule has 0 atom stereocenters. The van der Waals surface area contributed by atoms with E-state index in [4.69, 9.17) is 11.5 Å². The van der Waals surface area contributed by atoms with Gasteiger partial charge in [0.25, 0.3) is 0 Å². The van der Waals surface area contributed by atoms with E-state index in [0.717, 1.165) is 0 Å². The Morgan fingerprint density at radius 3 is 0.700 bits per heavy atom. The van der Waals surface area contributed by atoms with Gasteiger partial charge in [-0.05, 0) is 0 Å². The molecule has 0 aliphatic heterocycles. The SMILES string of the molecule is NCCN.[H-].[H-].[H-].[H-].[H-].[H-].[K+].[K+].[K+].[K+].[K+].[K+]. The van der Waals surface area contributed by atoms with Crippen LogP contribution in [0, 0.1) is 0 Å². The van der Waals surface area contributed by atoms with E-state index in [9.17, 15) is 0 Å². The molecule has 0 saturated carbocycles. The summed E-state index contributed by atoms with van der Waals surface area (Å²) in [6.07, 6.45) is 0. The Kier molecular flexibility index (Phi) is 183. The summed E-state index contributed by atoms with van der Waals surface area (Å²) in [4.78, 5) is 0. The van der Waals surface area contributed by atoms with Crippen molar-refractivity contribution in [3.05, 3.63) is 0 Å². The summed E-state index contributed by atoms with van der Waals surface area (Å²) in [7, 11) is 0. The molecule has 0 bridgehead atoms. The van der Waals surface area contributed by atoms with Gasteiger partial charge in [-0.2, -0.15) is 0 Å². The maximum absolute atomic E-state index is 4.90. The van der Waals surface area contributed by atoms with E-state index in [0.29, 0.717) is 13.1 Å². The summed E-state index contributed by atoms with van der Waals surface area (Å²) in [6.45, 7) is 1.19. The monoisotopic (exact) mass is 300 g/mol. The van der Waals surface area contributed by atoms with Gasteiger partial charge in [-0.15, -0.1) is 0 Å². The second-order valence-electron chi connectivity index (χ2n) is 0.577. The van der Waals surface area contributed by atoms with Gasteiger partial charge in [-0.25, -0.2) is 0 Å². The van der Waals surface area contributed by atoms with Crippen molar-refractivity contribution < 1.29 is 317 Å². The van der Waals surface area contributed by atoms with Crippen molar-refractivity contribution in [2.24, 2.45) is 11.5 Å². The fourth-order valence-electron chi connectivity index (χ4n) is 0. The molecular formula is C2H14K6N2. The molecule has 0 aromatic carbocycles. The first-order chi connectivity index (χ1) is 1.91. The first kappa shape index (κ1) is 42.7. The molecule has 10 heavy (non-hydrogen) atoms. The van der Waals surface area contributed by atoms with Gasteiger partial charge in [0.1, 0.15) is 0 Å². The average molecular weight is 301 g/mol. The second kappa shape index (κ2) is 42.8. The van der Waals surface area contributed by atoms with Gasteiger partial charge in [0.15, 0.2) is 0 Å². The van der Waals surface area contributed by atoms with Gasteiger partial charge >= 0.3 is 308 Å². The number of hydrogen-bond acceptors (Lipinski definition) is 2. The number of hydrogen-bond donors (Lipinski definition) is 2. The summed E-state index contributed by atoms with van der Waals surface area (Å²) in [5.74, 6) is 0. The Morgan fingerprint density at radius 1 is 0.600 bits per heavy atom. The zero-order valence-corrected chi connectivity index (χ0v) is 27.3. The Bertz CT molecular complexity index is 31.0. The molecule has 0 fully saturated rings. The van der Waals surface area contributed by atoms with Crippen LogP contribution in [0.15, 0.2) is 0 Å². The third kappa shape index (κ3) is 43.1. The molecule has 38 valence electrons. The Balaban J connectivity index is -0.000000000682. The molecule has 0 aliphatic carbocycles. The van der Waals surface area contributed by atoms with Crippen LogP contribution in [0.2, 0.25) is 0 Å². The summed E-state index contributed by atoms with van der Waals surface area (Å²) >= 11 is 0. The van der Waals surface area contributed by atoms with E-state index in [-0.39, 0.29) is 317 Å². The second-order valence-corrected chi connectivity index (χ2v) is 0.577. The maximum atomic E-state index is 4.90. The van der Waals surface area contributed by atoms with Crippen molar-refractivity contribution in [3.8, 4) is 0 Å². The largest absolute Gasteiger partial charge is 1.00 e. The van der Waals surface area contributed by atoms with Crippen LogP contribution < -0.4 is 320 Å². The van der Waals surface area contributed by atoms with Gasteiger partial charge in [-0.3, -0.25) is 0 Å². The smallest absolute Gasteiger partial charge is 1.00 e. The molecule has 0 unspecified atom stereocenters. The van der Waals surface area contributed by atoms with E-state index < -0.39 is 0 Å². The topological polar surface area (TPSA) is 52.0 Å². The summed E-state index contributed by atoms with van der Waals surface area (Å²) in [6, 6.07) is 0. The van der Waals surface area contributed by atoms with Gasteiger partial charge in [0, 0.05) is 13.1 Å². The van der Waals surface area contributed by atoms with Crippen molar-refractivity contribution >= 4 is 0 Å². The third-order valence-electron chi connectivity index (χ3n) is 0.167. The molecule has 0 aromatic heterocycles. The Morgan fingerprint density at radius 2 is 0.700 bits per heavy atom. The van der Waals surface area contributed by atoms with Gasteiger partial charge in [0.05, 0.1) is 0 Å². The standard InChI is InChI=1S/C2H8N2.6K.6H/c3-1-2-4;;;;;;;;;;;;/h1-4H2;;;;;;;;;;;;/q;6*+1;6*-1. The third-order valence-corrected chi connectivity index (χ3v) is 0.167. The average Bonchev–Trinajstić information content (AvgIpc) is 1.37. The molecule has 0 aromatic rings. The number of rotatable bonds is 1. The normalized spacial score (nSPS) is 3.00. The molecule has 2 nitrogen and oxygen atoms in total. The molecule has 0 heterocycles. The summed E-state index contributed by atoms with van der Waals surface area (Å²) in [5, 5.41) is 0. The molecule has 0 saturated heterocycles. The predicted octanol–water partition coefficient (Wildman–Crippen LogP) is -18.4. The van der Waals surface area contributed by atoms with E-state index in [2.05, 4.69) is 0 Å². The van der Waals surface area contributed by atoms with Crippen LogP contribution in [0.3, 0.4) is 0 Å². The molecule has 4 N–H and O–H groups in total. The molecule has 8 heteroatoms. The van der Waals surface area contributed by atoms with Crippen LogP contribution in [0.25, 0.3) is 0 Å². The van der Waals surface area contributed by atoms with Gasteiger partial charge in [-0.1, -0.05) is 0 Å². The van der Waals surface area contributed by atoms with Crippen molar-refractivity contribution in [3.63, 3.8) is 0 Å². The Labute approximate surface area is 328 Å². The minimum absolute atomic E-state index is 0. The minimum atomic E-state index is 0.